The highest BCUT2D eigenvalue weighted by Crippen LogP contribution is 2.26. The fourth-order valence-corrected chi connectivity index (χ4v) is 2.33. The number of esters is 1. The normalized spacial score (nSPS) is 10.1. The fraction of sp³-hybridized carbons (Fsp3) is 0.500. The molecule has 1 N–H and O–H groups in total. The van der Waals surface area contributed by atoms with Gasteiger partial charge in [0.15, 0.2) is 6.61 Å². The van der Waals surface area contributed by atoms with Crippen molar-refractivity contribution in [2.45, 2.75) is 32.6 Å². The van der Waals surface area contributed by atoms with Crippen LogP contribution < -0.4 is 10.1 Å². The van der Waals surface area contributed by atoms with Crippen molar-refractivity contribution < 1.29 is 19.1 Å². The monoisotopic (exact) mass is 371 g/mol. The predicted molar refractivity (Wildman–Crippen MR) is 88.1 cm³/mol. The number of carbonyl (C=O) groups is 2. The van der Waals surface area contributed by atoms with Crippen LogP contribution in [0, 0.1) is 0 Å². The van der Waals surface area contributed by atoms with Crippen LogP contribution in [0.4, 0.5) is 0 Å². The maximum Gasteiger partial charge on any atom is 0.337 e. The van der Waals surface area contributed by atoms with Crippen LogP contribution in [0.1, 0.15) is 43.0 Å². The molecule has 0 aliphatic heterocycles. The Labute approximate surface area is 139 Å². The second-order valence-electron chi connectivity index (χ2n) is 4.84. The summed E-state index contributed by atoms with van der Waals surface area (Å²) in [5.74, 6) is -0.0636. The van der Waals surface area contributed by atoms with Gasteiger partial charge in [0.05, 0.1) is 17.1 Å². The molecular formula is C16H22BrNO4. The summed E-state index contributed by atoms with van der Waals surface area (Å²) in [5, 5.41) is 2.82. The molecule has 0 saturated heterocycles. The number of benzene rings is 1. The average molecular weight is 372 g/mol. The molecular weight excluding hydrogens is 350 g/mol. The van der Waals surface area contributed by atoms with Crippen molar-refractivity contribution >= 4 is 27.8 Å². The Morgan fingerprint density at radius 3 is 2.64 bits per heavy atom. The number of hydrogen-bond acceptors (Lipinski definition) is 4. The van der Waals surface area contributed by atoms with E-state index in [-0.39, 0.29) is 12.5 Å². The molecule has 1 rings (SSSR count). The number of hydrogen-bond donors (Lipinski definition) is 1. The number of nitrogens with one attached hydrogen (secondary N) is 1. The second-order valence-corrected chi connectivity index (χ2v) is 5.69. The van der Waals surface area contributed by atoms with Gasteiger partial charge in [0, 0.05) is 6.54 Å². The van der Waals surface area contributed by atoms with E-state index in [1.54, 1.807) is 18.2 Å². The summed E-state index contributed by atoms with van der Waals surface area (Å²) in [5.41, 5.74) is 0.419. The number of rotatable bonds is 9. The van der Waals surface area contributed by atoms with Crippen molar-refractivity contribution in [3.63, 3.8) is 0 Å². The topological polar surface area (TPSA) is 64.6 Å². The Hall–Kier alpha value is -1.56. The highest BCUT2D eigenvalue weighted by molar-refractivity contribution is 9.10. The molecule has 0 saturated carbocycles. The standard InChI is InChI=1S/C16H22BrNO4/c1-3-4-5-6-9-18-15(19)11-22-14-8-7-12(10-13(14)17)16(20)21-2/h7-8,10H,3-6,9,11H2,1-2H3,(H,18,19). The zero-order valence-corrected chi connectivity index (χ0v) is 14.6. The Morgan fingerprint density at radius 2 is 2.00 bits per heavy atom. The second kappa shape index (κ2) is 10.2. The van der Waals surface area contributed by atoms with Gasteiger partial charge in [0.2, 0.25) is 0 Å². The van der Waals surface area contributed by atoms with E-state index in [1.165, 1.54) is 20.0 Å². The van der Waals surface area contributed by atoms with Gasteiger partial charge in [-0.3, -0.25) is 4.79 Å². The quantitative estimate of drug-likeness (QED) is 0.534. The largest absolute Gasteiger partial charge is 0.483 e. The van der Waals surface area contributed by atoms with Gasteiger partial charge >= 0.3 is 5.97 Å². The minimum absolute atomic E-state index is 0.0516. The molecule has 0 aliphatic rings. The maximum atomic E-state index is 11.7. The van der Waals surface area contributed by atoms with Crippen LogP contribution in [-0.2, 0) is 9.53 Å². The van der Waals surface area contributed by atoms with E-state index >= 15 is 0 Å². The predicted octanol–water partition coefficient (Wildman–Crippen LogP) is 3.31. The lowest BCUT2D eigenvalue weighted by atomic mass is 10.2. The maximum absolute atomic E-state index is 11.7. The first kappa shape index (κ1) is 18.5. The van der Waals surface area contributed by atoms with Crippen molar-refractivity contribution in [3.8, 4) is 5.75 Å². The molecule has 0 spiro atoms. The summed E-state index contributed by atoms with van der Waals surface area (Å²) in [6.07, 6.45) is 4.47. The third kappa shape index (κ3) is 6.47. The molecule has 0 bridgehead atoms. The van der Waals surface area contributed by atoms with Gasteiger partial charge < -0.3 is 14.8 Å². The molecule has 1 aromatic rings. The van der Waals surface area contributed by atoms with E-state index in [2.05, 4.69) is 32.9 Å². The number of carbonyl (C=O) groups excluding carboxylic acids is 2. The van der Waals surface area contributed by atoms with E-state index in [0.29, 0.717) is 22.3 Å². The SMILES string of the molecule is CCCCCCNC(=O)COc1ccc(C(=O)OC)cc1Br. The first-order valence-corrected chi connectivity index (χ1v) is 8.15. The van der Waals surface area contributed by atoms with Gasteiger partial charge in [-0.2, -0.15) is 0 Å². The molecule has 0 atom stereocenters. The number of amides is 1. The summed E-state index contributed by atoms with van der Waals surface area (Å²) in [6.45, 7) is 2.77. The molecule has 0 heterocycles. The summed E-state index contributed by atoms with van der Waals surface area (Å²) in [4.78, 5) is 23.0. The van der Waals surface area contributed by atoms with Crippen molar-refractivity contribution in [3.05, 3.63) is 28.2 Å². The van der Waals surface area contributed by atoms with Gasteiger partial charge in [-0.05, 0) is 40.5 Å². The Kier molecular flexibility index (Phi) is 8.58. The highest BCUT2D eigenvalue weighted by atomic mass is 79.9. The third-order valence-corrected chi connectivity index (χ3v) is 3.68. The first-order chi connectivity index (χ1) is 10.6. The molecule has 0 radical (unpaired) electrons. The lowest BCUT2D eigenvalue weighted by Gasteiger charge is -2.09. The lowest BCUT2D eigenvalue weighted by molar-refractivity contribution is -0.123. The Bertz CT molecular complexity index is 505. The Balaban J connectivity index is 2.38. The Morgan fingerprint density at radius 1 is 1.23 bits per heavy atom. The van der Waals surface area contributed by atoms with E-state index < -0.39 is 5.97 Å². The van der Waals surface area contributed by atoms with Crippen molar-refractivity contribution in [2.24, 2.45) is 0 Å². The van der Waals surface area contributed by atoms with E-state index in [0.717, 1.165) is 12.8 Å². The van der Waals surface area contributed by atoms with Crippen molar-refractivity contribution in [1.82, 2.24) is 5.32 Å². The molecule has 0 unspecified atom stereocenters. The molecule has 1 amide bonds. The summed E-state index contributed by atoms with van der Waals surface area (Å²) < 4.78 is 10.7. The first-order valence-electron chi connectivity index (χ1n) is 7.35. The van der Waals surface area contributed by atoms with Crippen LogP contribution in [-0.4, -0.2) is 32.1 Å². The van der Waals surface area contributed by atoms with E-state index in [9.17, 15) is 9.59 Å². The van der Waals surface area contributed by atoms with Crippen LogP contribution in [0.2, 0.25) is 0 Å². The van der Waals surface area contributed by atoms with Crippen LogP contribution in [0.25, 0.3) is 0 Å². The van der Waals surface area contributed by atoms with Gasteiger partial charge in [-0.1, -0.05) is 26.2 Å². The zero-order chi connectivity index (χ0) is 16.4. The van der Waals surface area contributed by atoms with Crippen LogP contribution >= 0.6 is 15.9 Å². The number of ether oxygens (including phenoxy) is 2. The third-order valence-electron chi connectivity index (χ3n) is 3.06. The molecule has 122 valence electrons. The minimum Gasteiger partial charge on any atom is -0.483 e. The molecule has 0 fully saturated rings. The summed E-state index contributed by atoms with van der Waals surface area (Å²) in [6, 6.07) is 4.82. The average Bonchev–Trinajstić information content (AvgIpc) is 2.52. The fourth-order valence-electron chi connectivity index (χ4n) is 1.84. The molecule has 0 aromatic heterocycles. The van der Waals surface area contributed by atoms with Gasteiger partial charge in [-0.25, -0.2) is 4.79 Å². The number of halogens is 1. The number of unbranched alkanes of at least 4 members (excludes halogenated alkanes) is 3. The summed E-state index contributed by atoms with van der Waals surface area (Å²) in [7, 11) is 1.32. The van der Waals surface area contributed by atoms with Crippen LogP contribution in [0.3, 0.4) is 0 Å². The molecule has 0 aliphatic carbocycles. The van der Waals surface area contributed by atoms with Gasteiger partial charge in [0.25, 0.3) is 5.91 Å². The minimum atomic E-state index is -0.419. The molecule has 1 aromatic carbocycles. The van der Waals surface area contributed by atoms with Crippen molar-refractivity contribution in [1.29, 1.82) is 0 Å². The lowest BCUT2D eigenvalue weighted by Crippen LogP contribution is -2.29. The smallest absolute Gasteiger partial charge is 0.337 e. The van der Waals surface area contributed by atoms with E-state index in [1.807, 2.05) is 0 Å². The zero-order valence-electron chi connectivity index (χ0n) is 13.0. The highest BCUT2D eigenvalue weighted by Gasteiger charge is 2.10. The van der Waals surface area contributed by atoms with Gasteiger partial charge in [0.1, 0.15) is 5.75 Å². The molecule has 5 nitrogen and oxygen atoms in total. The molecule has 22 heavy (non-hydrogen) atoms. The molecule has 6 heteroatoms. The van der Waals surface area contributed by atoms with Gasteiger partial charge in [-0.15, -0.1) is 0 Å². The van der Waals surface area contributed by atoms with Crippen molar-refractivity contribution in [2.75, 3.05) is 20.3 Å². The van der Waals surface area contributed by atoms with Crippen LogP contribution in [0.5, 0.6) is 5.75 Å². The number of methoxy groups -OCH3 is 1. The summed E-state index contributed by atoms with van der Waals surface area (Å²) >= 11 is 3.31. The van der Waals surface area contributed by atoms with E-state index in [4.69, 9.17) is 4.74 Å². The van der Waals surface area contributed by atoms with Crippen LogP contribution in [0.15, 0.2) is 22.7 Å².